The van der Waals surface area contributed by atoms with Crippen LogP contribution in [0.3, 0.4) is 0 Å². The van der Waals surface area contributed by atoms with Crippen LogP contribution < -0.4 is 5.32 Å². The Morgan fingerprint density at radius 1 is 1.25 bits per heavy atom. The Morgan fingerprint density at radius 2 is 1.88 bits per heavy atom. The van der Waals surface area contributed by atoms with Crippen molar-refractivity contribution in [1.82, 2.24) is 5.32 Å². The second kappa shape index (κ2) is 7.81. The fourth-order valence-electron chi connectivity index (χ4n) is 1.14. The Kier molecular flexibility index (Phi) is 7.11. The summed E-state index contributed by atoms with van der Waals surface area (Å²) < 4.78 is 0. The summed E-state index contributed by atoms with van der Waals surface area (Å²) >= 11 is 0. The van der Waals surface area contributed by atoms with E-state index in [9.17, 15) is 14.4 Å². The number of carbonyl (C=O) groups excluding carboxylic acids is 2. The fourth-order valence-corrected chi connectivity index (χ4v) is 1.14. The lowest BCUT2D eigenvalue weighted by Crippen LogP contribution is -2.47. The fraction of sp³-hybridized carbons (Fsp3) is 0.700. The first kappa shape index (κ1) is 14.6. The Morgan fingerprint density at radius 3 is 2.31 bits per heavy atom. The van der Waals surface area contributed by atoms with Gasteiger partial charge in [-0.1, -0.05) is 19.8 Å². The van der Waals surface area contributed by atoms with E-state index in [0.29, 0.717) is 6.42 Å². The van der Waals surface area contributed by atoms with E-state index < -0.39 is 30.3 Å². The highest BCUT2D eigenvalue weighted by molar-refractivity contribution is 6.05. The average Bonchev–Trinajstić information content (AvgIpc) is 2.25. The summed E-state index contributed by atoms with van der Waals surface area (Å²) in [6.07, 6.45) is 2.67. The van der Waals surface area contributed by atoms with E-state index >= 15 is 0 Å². The first-order valence-electron chi connectivity index (χ1n) is 5.18. The van der Waals surface area contributed by atoms with Gasteiger partial charge in [0.2, 0.25) is 5.91 Å². The maximum Gasteiger partial charge on any atom is 0.334 e. The smallest absolute Gasteiger partial charge is 0.334 e. The number of hydrogen-bond acceptors (Lipinski definition) is 4. The minimum absolute atomic E-state index is 0.191. The number of hydrogen-bond donors (Lipinski definition) is 3. The second-order valence-electron chi connectivity index (χ2n) is 3.42. The Bertz CT molecular complexity index is 264. The molecule has 0 aliphatic carbocycles. The molecule has 6 nitrogen and oxygen atoms in total. The van der Waals surface area contributed by atoms with E-state index in [1.165, 1.54) is 0 Å². The highest BCUT2D eigenvalue weighted by Gasteiger charge is 2.26. The number of unbranched alkanes of at least 4 members (excludes halogenated alkanes) is 2. The molecule has 6 heteroatoms. The van der Waals surface area contributed by atoms with Gasteiger partial charge in [-0.2, -0.15) is 0 Å². The van der Waals surface area contributed by atoms with Crippen molar-refractivity contribution >= 4 is 17.7 Å². The number of aliphatic hydroxyl groups is 1. The van der Waals surface area contributed by atoms with E-state index in [4.69, 9.17) is 10.2 Å². The van der Waals surface area contributed by atoms with E-state index in [1.807, 2.05) is 6.92 Å². The number of Topliss-reactive ketones (excluding diaryl/α,β-unsaturated/α-hetero) is 1. The third-order valence-corrected chi connectivity index (χ3v) is 2.04. The molecule has 0 rings (SSSR count). The number of nitrogens with one attached hydrogen (secondary N) is 1. The molecule has 0 heterocycles. The number of aliphatic carboxylic acids is 1. The highest BCUT2D eigenvalue weighted by atomic mass is 16.4. The van der Waals surface area contributed by atoms with Gasteiger partial charge in [-0.25, -0.2) is 4.79 Å². The first-order valence-corrected chi connectivity index (χ1v) is 5.18. The van der Waals surface area contributed by atoms with Gasteiger partial charge in [-0.15, -0.1) is 0 Å². The molecule has 1 atom stereocenters. The monoisotopic (exact) mass is 231 g/mol. The molecule has 0 saturated heterocycles. The van der Waals surface area contributed by atoms with Gasteiger partial charge >= 0.3 is 5.97 Å². The minimum atomic E-state index is -1.64. The van der Waals surface area contributed by atoms with Crippen molar-refractivity contribution < 1.29 is 24.6 Å². The van der Waals surface area contributed by atoms with Crippen LogP contribution in [0.25, 0.3) is 0 Å². The lowest BCUT2D eigenvalue weighted by molar-refractivity contribution is -0.146. The molecule has 3 N–H and O–H groups in total. The summed E-state index contributed by atoms with van der Waals surface area (Å²) in [5.74, 6) is -2.86. The Labute approximate surface area is 93.6 Å². The van der Waals surface area contributed by atoms with Crippen molar-refractivity contribution in [2.75, 3.05) is 6.61 Å². The maximum atomic E-state index is 11.2. The topological polar surface area (TPSA) is 104 Å². The van der Waals surface area contributed by atoms with Crippen LogP contribution in [0.2, 0.25) is 0 Å². The molecular formula is C10H17NO5. The van der Waals surface area contributed by atoms with Crippen LogP contribution in [0.1, 0.15) is 32.6 Å². The number of ketones is 1. The zero-order valence-corrected chi connectivity index (χ0v) is 9.23. The molecule has 0 aliphatic rings. The van der Waals surface area contributed by atoms with E-state index in [1.54, 1.807) is 0 Å². The molecule has 0 aromatic heterocycles. The lowest BCUT2D eigenvalue weighted by atomic mass is 10.1. The van der Waals surface area contributed by atoms with Crippen LogP contribution >= 0.6 is 0 Å². The molecule has 0 spiro atoms. The summed E-state index contributed by atoms with van der Waals surface area (Å²) in [5.41, 5.74) is 0. The molecule has 1 amide bonds. The van der Waals surface area contributed by atoms with Gasteiger partial charge in [0.15, 0.2) is 11.8 Å². The standard InChI is InChI=1S/C10H17NO5/c1-2-3-4-5-8(14)11-9(10(15)16)7(13)6-12/h9,12H,2-6H2,1H3,(H,11,14)(H,15,16). The molecular weight excluding hydrogens is 214 g/mol. The third-order valence-electron chi connectivity index (χ3n) is 2.04. The second-order valence-corrected chi connectivity index (χ2v) is 3.42. The number of carboxylic acids is 1. The number of rotatable bonds is 8. The molecule has 0 fully saturated rings. The van der Waals surface area contributed by atoms with E-state index in [2.05, 4.69) is 5.32 Å². The zero-order chi connectivity index (χ0) is 12.6. The summed E-state index contributed by atoms with van der Waals surface area (Å²) in [6.45, 7) is 1.08. The molecule has 0 aromatic rings. The molecule has 0 aliphatic heterocycles. The van der Waals surface area contributed by atoms with Gasteiger partial charge in [0, 0.05) is 6.42 Å². The van der Waals surface area contributed by atoms with Crippen molar-refractivity contribution in [1.29, 1.82) is 0 Å². The number of carbonyl (C=O) groups is 3. The van der Waals surface area contributed by atoms with Crippen molar-refractivity contribution in [3.05, 3.63) is 0 Å². The minimum Gasteiger partial charge on any atom is -0.479 e. The average molecular weight is 231 g/mol. The van der Waals surface area contributed by atoms with Crippen LogP contribution in [0.5, 0.6) is 0 Å². The normalized spacial score (nSPS) is 11.9. The van der Waals surface area contributed by atoms with Crippen LogP contribution in [0.15, 0.2) is 0 Å². The van der Waals surface area contributed by atoms with Crippen molar-refractivity contribution in [2.45, 2.75) is 38.6 Å². The van der Waals surface area contributed by atoms with Crippen molar-refractivity contribution in [3.63, 3.8) is 0 Å². The molecule has 92 valence electrons. The summed E-state index contributed by atoms with van der Waals surface area (Å²) in [7, 11) is 0. The van der Waals surface area contributed by atoms with Gasteiger partial charge in [0.1, 0.15) is 6.61 Å². The van der Waals surface area contributed by atoms with Crippen LogP contribution in [0, 0.1) is 0 Å². The molecule has 1 unspecified atom stereocenters. The molecule has 0 aromatic carbocycles. The molecule has 0 saturated carbocycles. The number of carboxylic acid groups (broad SMARTS) is 1. The summed E-state index contributed by atoms with van der Waals surface area (Å²) in [4.78, 5) is 32.8. The van der Waals surface area contributed by atoms with Gasteiger partial charge in [-0.05, 0) is 6.42 Å². The van der Waals surface area contributed by atoms with Crippen LogP contribution in [0.4, 0.5) is 0 Å². The SMILES string of the molecule is CCCCCC(=O)NC(C(=O)O)C(=O)CO. The van der Waals surface area contributed by atoms with E-state index in [0.717, 1.165) is 12.8 Å². The Hall–Kier alpha value is -1.43. The summed E-state index contributed by atoms with van der Waals surface area (Å²) in [6, 6.07) is -1.64. The Balaban J connectivity index is 4.14. The van der Waals surface area contributed by atoms with Gasteiger partial charge < -0.3 is 15.5 Å². The maximum absolute atomic E-state index is 11.2. The molecule has 0 bridgehead atoms. The largest absolute Gasteiger partial charge is 0.479 e. The lowest BCUT2D eigenvalue weighted by Gasteiger charge is -2.11. The highest BCUT2D eigenvalue weighted by Crippen LogP contribution is 1.99. The summed E-state index contributed by atoms with van der Waals surface area (Å²) in [5, 5.41) is 19.2. The molecule has 16 heavy (non-hydrogen) atoms. The quantitative estimate of drug-likeness (QED) is 0.393. The van der Waals surface area contributed by atoms with Crippen LogP contribution in [-0.2, 0) is 14.4 Å². The number of aliphatic hydroxyl groups excluding tert-OH is 1. The zero-order valence-electron chi connectivity index (χ0n) is 9.23. The first-order chi connectivity index (χ1) is 7.52. The molecule has 0 radical (unpaired) electrons. The third kappa shape index (κ3) is 5.45. The van der Waals surface area contributed by atoms with Crippen molar-refractivity contribution in [2.24, 2.45) is 0 Å². The van der Waals surface area contributed by atoms with Gasteiger partial charge in [0.25, 0.3) is 0 Å². The van der Waals surface area contributed by atoms with Gasteiger partial charge in [-0.3, -0.25) is 9.59 Å². The van der Waals surface area contributed by atoms with Crippen LogP contribution in [-0.4, -0.2) is 40.5 Å². The predicted molar refractivity (Wildman–Crippen MR) is 55.8 cm³/mol. The van der Waals surface area contributed by atoms with Crippen molar-refractivity contribution in [3.8, 4) is 0 Å². The number of amides is 1. The van der Waals surface area contributed by atoms with E-state index in [-0.39, 0.29) is 6.42 Å². The predicted octanol–water partition coefficient (Wildman–Crippen LogP) is -0.302. The van der Waals surface area contributed by atoms with Gasteiger partial charge in [0.05, 0.1) is 0 Å².